The molecule has 108 valence electrons. The molecule has 0 aliphatic heterocycles. The van der Waals surface area contributed by atoms with E-state index >= 15 is 0 Å². The minimum Gasteiger partial charge on any atom is -0.481 e. The zero-order valence-corrected chi connectivity index (χ0v) is 12.7. The molecule has 1 aromatic rings. The Morgan fingerprint density at radius 2 is 1.95 bits per heavy atom. The fourth-order valence-electron chi connectivity index (χ4n) is 2.65. The number of carbonyl (C=O) groups excluding carboxylic acids is 1. The molecule has 0 radical (unpaired) electrons. The number of aliphatic carboxylic acids is 1. The first kappa shape index (κ1) is 14.9. The lowest BCUT2D eigenvalue weighted by Gasteiger charge is -2.10. The molecular weight excluding hydrogens is 274 g/mol. The van der Waals surface area contributed by atoms with Crippen molar-refractivity contribution in [2.24, 2.45) is 17.3 Å². The molecule has 1 aliphatic rings. The van der Waals surface area contributed by atoms with E-state index in [-0.39, 0.29) is 5.91 Å². The van der Waals surface area contributed by atoms with Gasteiger partial charge in [0.1, 0.15) is 0 Å². The molecule has 0 heterocycles. The van der Waals surface area contributed by atoms with Gasteiger partial charge in [0.15, 0.2) is 0 Å². The predicted octanol–water partition coefficient (Wildman–Crippen LogP) is 3.09. The Morgan fingerprint density at radius 3 is 2.50 bits per heavy atom. The second kappa shape index (κ2) is 5.48. The number of rotatable bonds is 5. The quantitative estimate of drug-likeness (QED) is 0.819. The summed E-state index contributed by atoms with van der Waals surface area (Å²) in [7, 11) is 0. The third-order valence-corrected chi connectivity index (χ3v) is 4.78. The van der Waals surface area contributed by atoms with E-state index in [1.807, 2.05) is 45.0 Å². The molecule has 5 heteroatoms. The van der Waals surface area contributed by atoms with Crippen LogP contribution in [0, 0.1) is 17.3 Å². The van der Waals surface area contributed by atoms with Crippen LogP contribution in [-0.4, -0.2) is 22.7 Å². The third-order valence-electron chi connectivity index (χ3n) is 3.82. The van der Waals surface area contributed by atoms with Crippen molar-refractivity contribution in [1.29, 1.82) is 0 Å². The highest BCUT2D eigenvalue weighted by Gasteiger charge is 2.65. The topological polar surface area (TPSA) is 66.4 Å². The first-order chi connectivity index (χ1) is 9.39. The Morgan fingerprint density at radius 1 is 1.30 bits per heavy atom. The minimum absolute atomic E-state index is 0.202. The summed E-state index contributed by atoms with van der Waals surface area (Å²) in [5.41, 5.74) is 0.291. The maximum Gasteiger partial charge on any atom is 0.307 e. The molecule has 0 spiro atoms. The van der Waals surface area contributed by atoms with E-state index in [0.29, 0.717) is 0 Å². The number of para-hydroxylation sites is 1. The lowest BCUT2D eigenvalue weighted by atomic mass is 10.1. The summed E-state index contributed by atoms with van der Waals surface area (Å²) in [6, 6.07) is 7.59. The monoisotopic (exact) mass is 293 g/mol. The SMILES string of the molecule is CCSc1ccccc1NC(=O)C1C(C(=O)O)C1(C)C. The van der Waals surface area contributed by atoms with Crippen LogP contribution in [0.2, 0.25) is 0 Å². The van der Waals surface area contributed by atoms with Gasteiger partial charge in [0, 0.05) is 4.90 Å². The third kappa shape index (κ3) is 2.68. The van der Waals surface area contributed by atoms with Crippen LogP contribution < -0.4 is 5.32 Å². The van der Waals surface area contributed by atoms with E-state index in [1.54, 1.807) is 11.8 Å². The number of nitrogens with one attached hydrogen (secondary N) is 1. The molecule has 20 heavy (non-hydrogen) atoms. The summed E-state index contributed by atoms with van der Waals surface area (Å²) in [6.07, 6.45) is 0. The van der Waals surface area contributed by atoms with Gasteiger partial charge in [-0.25, -0.2) is 0 Å². The van der Waals surface area contributed by atoms with Crippen LogP contribution in [0.25, 0.3) is 0 Å². The molecule has 1 fully saturated rings. The zero-order chi connectivity index (χ0) is 14.9. The maximum absolute atomic E-state index is 12.3. The smallest absolute Gasteiger partial charge is 0.307 e. The zero-order valence-electron chi connectivity index (χ0n) is 11.8. The van der Waals surface area contributed by atoms with Crippen molar-refractivity contribution in [3.05, 3.63) is 24.3 Å². The summed E-state index contributed by atoms with van der Waals surface area (Å²) >= 11 is 1.65. The van der Waals surface area contributed by atoms with Crippen molar-refractivity contribution in [2.75, 3.05) is 11.1 Å². The van der Waals surface area contributed by atoms with Crippen molar-refractivity contribution in [3.63, 3.8) is 0 Å². The van der Waals surface area contributed by atoms with Crippen LogP contribution in [0.4, 0.5) is 5.69 Å². The average Bonchev–Trinajstić information content (AvgIpc) is 2.95. The van der Waals surface area contributed by atoms with Crippen LogP contribution in [0.1, 0.15) is 20.8 Å². The lowest BCUT2D eigenvalue weighted by Crippen LogP contribution is -2.18. The highest BCUT2D eigenvalue weighted by molar-refractivity contribution is 7.99. The van der Waals surface area contributed by atoms with Crippen LogP contribution in [-0.2, 0) is 9.59 Å². The molecule has 0 saturated heterocycles. The van der Waals surface area contributed by atoms with Crippen LogP contribution in [0.3, 0.4) is 0 Å². The van der Waals surface area contributed by atoms with Gasteiger partial charge in [-0.15, -0.1) is 11.8 Å². The van der Waals surface area contributed by atoms with Crippen molar-refractivity contribution in [2.45, 2.75) is 25.7 Å². The summed E-state index contributed by atoms with van der Waals surface area (Å²) in [4.78, 5) is 24.4. The normalized spacial score (nSPS) is 23.1. The van der Waals surface area contributed by atoms with E-state index < -0.39 is 23.2 Å². The van der Waals surface area contributed by atoms with Gasteiger partial charge >= 0.3 is 5.97 Å². The number of thioether (sulfide) groups is 1. The van der Waals surface area contributed by atoms with Gasteiger partial charge in [0.05, 0.1) is 17.5 Å². The largest absolute Gasteiger partial charge is 0.481 e. The highest BCUT2D eigenvalue weighted by Crippen LogP contribution is 2.58. The van der Waals surface area contributed by atoms with Crippen LogP contribution in [0.15, 0.2) is 29.2 Å². The summed E-state index contributed by atoms with van der Waals surface area (Å²) in [5.74, 6) is -1.23. The van der Waals surface area contributed by atoms with Gasteiger partial charge < -0.3 is 10.4 Å². The maximum atomic E-state index is 12.3. The molecule has 4 nitrogen and oxygen atoms in total. The number of anilines is 1. The highest BCUT2D eigenvalue weighted by atomic mass is 32.2. The molecule has 2 unspecified atom stereocenters. The van der Waals surface area contributed by atoms with E-state index in [4.69, 9.17) is 5.11 Å². The first-order valence-electron chi connectivity index (χ1n) is 6.65. The lowest BCUT2D eigenvalue weighted by molar-refractivity contribution is -0.140. The van der Waals surface area contributed by atoms with Crippen molar-refractivity contribution in [3.8, 4) is 0 Å². The van der Waals surface area contributed by atoms with Crippen molar-refractivity contribution >= 4 is 29.3 Å². The summed E-state index contributed by atoms with van der Waals surface area (Å²) in [5, 5.41) is 12.0. The van der Waals surface area contributed by atoms with Crippen LogP contribution >= 0.6 is 11.8 Å². The van der Waals surface area contributed by atoms with Gasteiger partial charge in [0.25, 0.3) is 0 Å². The average molecular weight is 293 g/mol. The molecule has 1 amide bonds. The number of carbonyl (C=O) groups is 2. The number of hydrogen-bond donors (Lipinski definition) is 2. The number of benzene rings is 1. The fraction of sp³-hybridized carbons (Fsp3) is 0.467. The van der Waals surface area contributed by atoms with E-state index in [1.165, 1.54) is 0 Å². The van der Waals surface area contributed by atoms with Gasteiger partial charge in [-0.3, -0.25) is 9.59 Å². The second-order valence-corrected chi connectivity index (χ2v) is 6.84. The Kier molecular flexibility index (Phi) is 4.09. The van der Waals surface area contributed by atoms with Crippen LogP contribution in [0.5, 0.6) is 0 Å². The minimum atomic E-state index is -0.897. The molecule has 1 saturated carbocycles. The first-order valence-corrected chi connectivity index (χ1v) is 7.63. The van der Waals surface area contributed by atoms with E-state index in [0.717, 1.165) is 16.3 Å². The predicted molar refractivity (Wildman–Crippen MR) is 79.9 cm³/mol. The Labute approximate surface area is 123 Å². The number of amides is 1. The van der Waals surface area contributed by atoms with Gasteiger partial charge in [-0.2, -0.15) is 0 Å². The van der Waals surface area contributed by atoms with E-state index in [9.17, 15) is 9.59 Å². The summed E-state index contributed by atoms with van der Waals surface area (Å²) < 4.78 is 0. The molecule has 2 atom stereocenters. The Balaban J connectivity index is 2.12. The standard InChI is InChI=1S/C15H19NO3S/c1-4-20-10-8-6-5-7-9(10)16-13(17)11-12(14(18)19)15(11,2)3/h5-8,11-12H,4H2,1-3H3,(H,16,17)(H,18,19). The molecule has 2 rings (SSSR count). The van der Waals surface area contributed by atoms with E-state index in [2.05, 4.69) is 5.32 Å². The van der Waals surface area contributed by atoms with Crippen molar-refractivity contribution < 1.29 is 14.7 Å². The molecule has 2 N–H and O–H groups in total. The Hall–Kier alpha value is -1.49. The number of carboxylic acid groups (broad SMARTS) is 1. The molecule has 0 bridgehead atoms. The Bertz CT molecular complexity index is 542. The second-order valence-electron chi connectivity index (χ2n) is 5.53. The molecule has 1 aromatic carbocycles. The fourth-order valence-corrected chi connectivity index (χ4v) is 3.41. The number of carboxylic acids is 1. The number of hydrogen-bond acceptors (Lipinski definition) is 3. The van der Waals surface area contributed by atoms with Crippen molar-refractivity contribution in [1.82, 2.24) is 0 Å². The van der Waals surface area contributed by atoms with Gasteiger partial charge in [-0.05, 0) is 23.3 Å². The van der Waals surface area contributed by atoms with Gasteiger partial charge in [0.2, 0.25) is 5.91 Å². The molecular formula is C15H19NO3S. The summed E-state index contributed by atoms with van der Waals surface area (Å²) in [6.45, 7) is 5.69. The molecule has 0 aromatic heterocycles. The molecule has 1 aliphatic carbocycles. The van der Waals surface area contributed by atoms with Gasteiger partial charge in [-0.1, -0.05) is 32.9 Å².